The Morgan fingerprint density at radius 3 is 2.58 bits per heavy atom. The number of nitrogens with one attached hydrogen (secondary N) is 1. The third-order valence-electron chi connectivity index (χ3n) is 4.71. The maximum absolute atomic E-state index is 12.4. The second-order valence-corrected chi connectivity index (χ2v) is 7.66. The molecule has 2 aromatic rings. The van der Waals surface area contributed by atoms with Crippen LogP contribution in [0.2, 0.25) is 5.02 Å². The highest BCUT2D eigenvalue weighted by Crippen LogP contribution is 2.28. The van der Waals surface area contributed by atoms with Gasteiger partial charge in [-0.3, -0.25) is 9.89 Å². The summed E-state index contributed by atoms with van der Waals surface area (Å²) in [6.07, 6.45) is 5.25. The van der Waals surface area contributed by atoms with Gasteiger partial charge in [-0.15, -0.1) is 0 Å². The minimum Gasteiger partial charge on any atom is -0.339 e. The van der Waals surface area contributed by atoms with Crippen molar-refractivity contribution in [2.24, 2.45) is 0 Å². The summed E-state index contributed by atoms with van der Waals surface area (Å²) in [7, 11) is 0. The Bertz CT molecular complexity index is 845. The van der Waals surface area contributed by atoms with E-state index in [9.17, 15) is 4.79 Å². The van der Waals surface area contributed by atoms with E-state index < -0.39 is 0 Å². The predicted molar refractivity (Wildman–Crippen MR) is 107 cm³/mol. The minimum atomic E-state index is 0.0427. The lowest BCUT2D eigenvalue weighted by Gasteiger charge is -2.31. The van der Waals surface area contributed by atoms with Crippen molar-refractivity contribution in [2.45, 2.75) is 38.6 Å². The van der Waals surface area contributed by atoms with E-state index in [1.54, 1.807) is 6.08 Å². The number of nitrogens with zero attached hydrogens (tertiary/aromatic N) is 3. The number of H-pyrrole nitrogens is 1. The Kier molecular flexibility index (Phi) is 5.94. The van der Waals surface area contributed by atoms with Crippen LogP contribution in [-0.2, 0) is 4.79 Å². The van der Waals surface area contributed by atoms with E-state index >= 15 is 0 Å². The molecule has 1 aliphatic heterocycles. The van der Waals surface area contributed by atoms with E-state index in [1.807, 2.05) is 35.2 Å². The normalized spacial score (nSPS) is 15.9. The van der Waals surface area contributed by atoms with E-state index in [0.717, 1.165) is 37.3 Å². The third kappa shape index (κ3) is 4.24. The van der Waals surface area contributed by atoms with Crippen molar-refractivity contribution in [3.05, 3.63) is 51.5 Å². The Hall–Kier alpha value is -1.92. The first kappa shape index (κ1) is 18.9. The number of likely N-dealkylation sites (tertiary alicyclic amines) is 1. The van der Waals surface area contributed by atoms with Crippen LogP contribution in [0.25, 0.3) is 6.08 Å². The van der Waals surface area contributed by atoms with Crippen molar-refractivity contribution < 1.29 is 4.79 Å². The predicted octanol–water partition coefficient (Wildman–Crippen LogP) is 4.59. The fourth-order valence-electron chi connectivity index (χ4n) is 3.31. The lowest BCUT2D eigenvalue weighted by molar-refractivity contribution is -0.127. The molecule has 1 saturated heterocycles. The van der Waals surface area contributed by atoms with E-state index in [-0.39, 0.29) is 11.9 Å². The standard InChI is InChI=1S/C19H23ClN4OS/c1-13(2)24-18(21-22-19(24)26)15-9-11-23(12-10-15)17(25)8-5-14-3-6-16(20)7-4-14/h3-8,13,15H,9-12H2,1-2H3,(H,22,26)/b8-5+. The summed E-state index contributed by atoms with van der Waals surface area (Å²) in [4.78, 5) is 14.3. The highest BCUT2D eigenvalue weighted by Gasteiger charge is 2.26. The van der Waals surface area contributed by atoms with Crippen molar-refractivity contribution in [3.63, 3.8) is 0 Å². The number of aromatic amines is 1. The molecule has 0 saturated carbocycles. The molecule has 1 N–H and O–H groups in total. The van der Waals surface area contributed by atoms with E-state index in [2.05, 4.69) is 28.6 Å². The molecular weight excluding hydrogens is 368 g/mol. The molecule has 1 fully saturated rings. The van der Waals surface area contributed by atoms with Crippen LogP contribution < -0.4 is 0 Å². The van der Waals surface area contributed by atoms with Gasteiger partial charge in [-0.2, -0.15) is 5.10 Å². The van der Waals surface area contributed by atoms with Crippen LogP contribution in [0.4, 0.5) is 0 Å². The molecule has 0 spiro atoms. The third-order valence-corrected chi connectivity index (χ3v) is 5.25. The molecule has 26 heavy (non-hydrogen) atoms. The lowest BCUT2D eigenvalue weighted by atomic mass is 9.95. The second-order valence-electron chi connectivity index (χ2n) is 6.84. The molecule has 1 aromatic heterocycles. The second kappa shape index (κ2) is 8.18. The van der Waals surface area contributed by atoms with E-state index in [0.29, 0.717) is 15.7 Å². The van der Waals surface area contributed by atoms with Gasteiger partial charge < -0.3 is 9.47 Å². The molecule has 3 rings (SSSR count). The summed E-state index contributed by atoms with van der Waals surface area (Å²) < 4.78 is 2.75. The molecule has 5 nitrogen and oxygen atoms in total. The van der Waals surface area contributed by atoms with Crippen molar-refractivity contribution in [3.8, 4) is 0 Å². The average Bonchev–Trinajstić information content (AvgIpc) is 3.03. The van der Waals surface area contributed by atoms with Crippen LogP contribution in [-0.4, -0.2) is 38.7 Å². The molecular formula is C19H23ClN4OS. The Morgan fingerprint density at radius 1 is 1.31 bits per heavy atom. The number of carbonyl (C=O) groups is 1. The summed E-state index contributed by atoms with van der Waals surface area (Å²) in [5.41, 5.74) is 0.963. The molecule has 138 valence electrons. The Balaban J connectivity index is 1.60. The number of amides is 1. The van der Waals surface area contributed by atoms with Gasteiger partial charge >= 0.3 is 0 Å². The molecule has 0 atom stereocenters. The van der Waals surface area contributed by atoms with Crippen molar-refractivity contribution >= 4 is 35.8 Å². The molecule has 0 bridgehead atoms. The van der Waals surface area contributed by atoms with E-state index in [1.165, 1.54) is 0 Å². The smallest absolute Gasteiger partial charge is 0.246 e. The average molecular weight is 391 g/mol. The highest BCUT2D eigenvalue weighted by molar-refractivity contribution is 7.71. The zero-order chi connectivity index (χ0) is 18.7. The maximum atomic E-state index is 12.4. The number of halogens is 1. The summed E-state index contributed by atoms with van der Waals surface area (Å²) in [6, 6.07) is 7.70. The van der Waals surface area contributed by atoms with Crippen molar-refractivity contribution in [1.82, 2.24) is 19.7 Å². The zero-order valence-corrected chi connectivity index (χ0v) is 16.6. The first-order chi connectivity index (χ1) is 12.5. The number of aromatic nitrogens is 3. The number of carbonyl (C=O) groups excluding carboxylic acids is 1. The largest absolute Gasteiger partial charge is 0.339 e. The fourth-order valence-corrected chi connectivity index (χ4v) is 3.78. The molecule has 0 aliphatic carbocycles. The quantitative estimate of drug-likeness (QED) is 0.613. The minimum absolute atomic E-state index is 0.0427. The molecule has 1 amide bonds. The number of benzene rings is 1. The molecule has 2 heterocycles. The topological polar surface area (TPSA) is 53.9 Å². The molecule has 1 aromatic carbocycles. The van der Waals surface area contributed by atoms with Crippen LogP contribution in [0.5, 0.6) is 0 Å². The summed E-state index contributed by atoms with van der Waals surface area (Å²) >= 11 is 11.2. The van der Waals surface area contributed by atoms with Crippen LogP contribution in [0, 0.1) is 4.77 Å². The summed E-state index contributed by atoms with van der Waals surface area (Å²) in [5, 5.41) is 8.03. The zero-order valence-electron chi connectivity index (χ0n) is 15.0. The maximum Gasteiger partial charge on any atom is 0.246 e. The van der Waals surface area contributed by atoms with Gasteiger partial charge in [-0.05, 0) is 62.7 Å². The van der Waals surface area contributed by atoms with Gasteiger partial charge in [0.2, 0.25) is 5.91 Å². The molecule has 0 radical (unpaired) electrons. The highest BCUT2D eigenvalue weighted by atomic mass is 35.5. The van der Waals surface area contributed by atoms with Gasteiger partial charge in [-0.1, -0.05) is 23.7 Å². The first-order valence-electron chi connectivity index (χ1n) is 8.85. The molecule has 0 unspecified atom stereocenters. The van der Waals surface area contributed by atoms with Gasteiger partial charge in [0, 0.05) is 36.1 Å². The monoisotopic (exact) mass is 390 g/mol. The van der Waals surface area contributed by atoms with Crippen LogP contribution in [0.15, 0.2) is 30.3 Å². The Morgan fingerprint density at radius 2 is 1.96 bits per heavy atom. The van der Waals surface area contributed by atoms with Gasteiger partial charge in [-0.25, -0.2) is 0 Å². The summed E-state index contributed by atoms with van der Waals surface area (Å²) in [6.45, 7) is 5.67. The summed E-state index contributed by atoms with van der Waals surface area (Å²) in [5.74, 6) is 1.38. The SMILES string of the molecule is CC(C)n1c(C2CCN(C(=O)/C=C/c3ccc(Cl)cc3)CC2)n[nH]c1=S. The number of rotatable bonds is 4. The van der Waals surface area contributed by atoms with Gasteiger partial charge in [0.15, 0.2) is 4.77 Å². The van der Waals surface area contributed by atoms with Crippen molar-refractivity contribution in [2.75, 3.05) is 13.1 Å². The van der Waals surface area contributed by atoms with Gasteiger partial charge in [0.25, 0.3) is 0 Å². The lowest BCUT2D eigenvalue weighted by Crippen LogP contribution is -2.37. The Labute approximate surface area is 163 Å². The number of hydrogen-bond donors (Lipinski definition) is 1. The fraction of sp³-hybridized carbons (Fsp3) is 0.421. The van der Waals surface area contributed by atoms with Crippen LogP contribution in [0.1, 0.15) is 50.0 Å². The van der Waals surface area contributed by atoms with Gasteiger partial charge in [0.05, 0.1) is 0 Å². The van der Waals surface area contributed by atoms with Gasteiger partial charge in [0.1, 0.15) is 5.82 Å². The molecule has 7 heteroatoms. The van der Waals surface area contributed by atoms with Crippen LogP contribution >= 0.6 is 23.8 Å². The van der Waals surface area contributed by atoms with Crippen LogP contribution in [0.3, 0.4) is 0 Å². The van der Waals surface area contributed by atoms with E-state index in [4.69, 9.17) is 23.8 Å². The van der Waals surface area contributed by atoms with Crippen molar-refractivity contribution in [1.29, 1.82) is 0 Å². The first-order valence-corrected chi connectivity index (χ1v) is 9.63. The number of hydrogen-bond acceptors (Lipinski definition) is 3. The molecule has 1 aliphatic rings. The number of piperidine rings is 1.